The van der Waals surface area contributed by atoms with Gasteiger partial charge in [-0.2, -0.15) is 10.1 Å². The van der Waals surface area contributed by atoms with Crippen LogP contribution in [0.15, 0.2) is 53.0 Å². The van der Waals surface area contributed by atoms with Crippen LogP contribution in [0.4, 0.5) is 0 Å². The van der Waals surface area contributed by atoms with E-state index in [9.17, 15) is 13.2 Å². The van der Waals surface area contributed by atoms with Crippen LogP contribution in [0.2, 0.25) is 0 Å². The third-order valence-corrected chi connectivity index (χ3v) is 5.82. The van der Waals surface area contributed by atoms with Gasteiger partial charge in [-0.25, -0.2) is 13.6 Å². The zero-order valence-corrected chi connectivity index (χ0v) is 16.5. The Balaban J connectivity index is 2.18. The zero-order chi connectivity index (χ0) is 19.8. The summed E-state index contributed by atoms with van der Waals surface area (Å²) < 4.78 is 27.3. The number of amides is 1. The Hall–Kier alpha value is -2.56. The zero-order valence-electron chi connectivity index (χ0n) is 14.9. The molecule has 0 radical (unpaired) electrons. The summed E-state index contributed by atoms with van der Waals surface area (Å²) in [5.74, 6) is -0.419. The molecule has 0 saturated carbocycles. The van der Waals surface area contributed by atoms with Crippen molar-refractivity contribution in [3.8, 4) is 0 Å². The lowest BCUT2D eigenvalue weighted by atomic mass is 10.3. The highest BCUT2D eigenvalue weighted by Gasteiger charge is 2.16. The number of nitrogens with zero attached hydrogens (tertiary/aromatic N) is 4. The number of rotatable bonds is 5. The molecule has 27 heavy (non-hydrogen) atoms. The van der Waals surface area contributed by atoms with Crippen LogP contribution < -0.4 is 9.94 Å². The molecule has 8 nitrogen and oxygen atoms in total. The van der Waals surface area contributed by atoms with Crippen LogP contribution in [0.1, 0.15) is 30.4 Å². The normalized spacial score (nSPS) is 12.8. The van der Waals surface area contributed by atoms with Crippen LogP contribution in [-0.2, 0) is 16.6 Å². The molecular formula is C17H19N5O3S2. The maximum atomic E-state index is 12.7. The Morgan fingerprint density at radius 1 is 1.41 bits per heavy atom. The molecule has 2 aromatic heterocycles. The highest BCUT2D eigenvalue weighted by Crippen LogP contribution is 2.21. The summed E-state index contributed by atoms with van der Waals surface area (Å²) in [7, 11) is -3.82. The topological polar surface area (TPSA) is 112 Å². The molecular weight excluding hydrogens is 386 g/mol. The van der Waals surface area contributed by atoms with Crippen LogP contribution in [-0.4, -0.2) is 28.7 Å². The van der Waals surface area contributed by atoms with Crippen molar-refractivity contribution in [3.05, 3.63) is 53.6 Å². The molecule has 2 N–H and O–H groups in total. The van der Waals surface area contributed by atoms with E-state index in [0.717, 1.165) is 5.52 Å². The number of fused-ring (bicyclic) bond motifs is 1. The van der Waals surface area contributed by atoms with Gasteiger partial charge >= 0.3 is 0 Å². The van der Waals surface area contributed by atoms with E-state index in [2.05, 4.69) is 16.7 Å². The van der Waals surface area contributed by atoms with Crippen LogP contribution in [0.25, 0.3) is 10.2 Å². The van der Waals surface area contributed by atoms with Gasteiger partial charge in [-0.1, -0.05) is 17.4 Å². The lowest BCUT2D eigenvalue weighted by Crippen LogP contribution is -2.18. The SMILES string of the molecule is C=CCn1c(=NC(=O)c2ccnn2C(C)C)sc2cc(S(N)(=O)=O)ccc21. The lowest BCUT2D eigenvalue weighted by molar-refractivity contribution is 0.0986. The van der Waals surface area contributed by atoms with E-state index in [1.165, 1.54) is 23.5 Å². The Morgan fingerprint density at radius 2 is 2.15 bits per heavy atom. The van der Waals surface area contributed by atoms with E-state index in [1.807, 2.05) is 13.8 Å². The molecule has 0 spiro atoms. The summed E-state index contributed by atoms with van der Waals surface area (Å²) >= 11 is 1.21. The summed E-state index contributed by atoms with van der Waals surface area (Å²) in [6.07, 6.45) is 3.24. The van der Waals surface area contributed by atoms with Crippen LogP contribution >= 0.6 is 11.3 Å². The minimum absolute atomic E-state index is 0.0118. The van der Waals surface area contributed by atoms with Gasteiger partial charge in [-0.3, -0.25) is 9.48 Å². The number of carbonyl (C=O) groups excluding carboxylic acids is 1. The van der Waals surface area contributed by atoms with E-state index in [0.29, 0.717) is 21.7 Å². The third kappa shape index (κ3) is 3.77. The largest absolute Gasteiger partial charge is 0.312 e. The van der Waals surface area contributed by atoms with Gasteiger partial charge in [0.15, 0.2) is 4.80 Å². The summed E-state index contributed by atoms with van der Waals surface area (Å²) in [6.45, 7) is 8.01. The predicted molar refractivity (Wildman–Crippen MR) is 104 cm³/mol. The summed E-state index contributed by atoms with van der Waals surface area (Å²) in [6, 6.07) is 6.21. The first-order valence-corrected chi connectivity index (χ1v) is 10.5. The maximum Gasteiger partial charge on any atom is 0.297 e. The molecule has 0 aliphatic carbocycles. The maximum absolute atomic E-state index is 12.7. The number of sulfonamides is 1. The van der Waals surface area contributed by atoms with E-state index in [4.69, 9.17) is 5.14 Å². The number of carbonyl (C=O) groups is 1. The minimum atomic E-state index is -3.82. The van der Waals surface area contributed by atoms with Crippen molar-refractivity contribution in [2.75, 3.05) is 0 Å². The fraction of sp³-hybridized carbons (Fsp3) is 0.235. The predicted octanol–water partition coefficient (Wildman–Crippen LogP) is 2.05. The molecule has 0 aliphatic heterocycles. The quantitative estimate of drug-likeness (QED) is 0.655. The molecule has 1 amide bonds. The van der Waals surface area contributed by atoms with Gasteiger partial charge < -0.3 is 4.57 Å². The Labute approximate surface area is 160 Å². The number of primary sulfonamides is 1. The van der Waals surface area contributed by atoms with Gasteiger partial charge in [0.05, 0.1) is 15.1 Å². The van der Waals surface area contributed by atoms with Gasteiger partial charge in [0, 0.05) is 18.8 Å². The Kier molecular flexibility index (Phi) is 5.13. The minimum Gasteiger partial charge on any atom is -0.312 e. The van der Waals surface area contributed by atoms with Crippen LogP contribution in [0, 0.1) is 0 Å². The molecule has 2 heterocycles. The lowest BCUT2D eigenvalue weighted by Gasteiger charge is -2.07. The second-order valence-electron chi connectivity index (χ2n) is 6.13. The van der Waals surface area contributed by atoms with Crippen molar-refractivity contribution in [2.45, 2.75) is 31.3 Å². The summed E-state index contributed by atoms with van der Waals surface area (Å²) in [4.78, 5) is 17.4. The highest BCUT2D eigenvalue weighted by molar-refractivity contribution is 7.89. The monoisotopic (exact) mass is 405 g/mol. The van der Waals surface area contributed by atoms with E-state index < -0.39 is 15.9 Å². The smallest absolute Gasteiger partial charge is 0.297 e. The summed E-state index contributed by atoms with van der Waals surface area (Å²) in [5.41, 5.74) is 1.13. The number of nitrogens with two attached hydrogens (primary N) is 1. The van der Waals surface area contributed by atoms with Crippen LogP contribution in [0.5, 0.6) is 0 Å². The Morgan fingerprint density at radius 3 is 2.78 bits per heavy atom. The highest BCUT2D eigenvalue weighted by atomic mass is 32.2. The molecule has 3 aromatic rings. The van der Waals surface area contributed by atoms with Crippen molar-refractivity contribution in [3.63, 3.8) is 0 Å². The van der Waals surface area contributed by atoms with Gasteiger partial charge in [-0.15, -0.1) is 6.58 Å². The van der Waals surface area contributed by atoms with Crippen molar-refractivity contribution < 1.29 is 13.2 Å². The fourth-order valence-electron chi connectivity index (χ4n) is 2.66. The number of thiazole rings is 1. The van der Waals surface area contributed by atoms with E-state index in [1.54, 1.807) is 33.7 Å². The summed E-state index contributed by atoms with van der Waals surface area (Å²) in [5, 5.41) is 9.36. The van der Waals surface area contributed by atoms with Gasteiger partial charge in [0.25, 0.3) is 5.91 Å². The molecule has 1 aromatic carbocycles. The molecule has 0 atom stereocenters. The second kappa shape index (κ2) is 7.22. The first-order chi connectivity index (χ1) is 12.7. The number of allylic oxidation sites excluding steroid dienone is 1. The average molecular weight is 406 g/mol. The van der Waals surface area contributed by atoms with Gasteiger partial charge in [0.2, 0.25) is 10.0 Å². The van der Waals surface area contributed by atoms with Gasteiger partial charge in [0.1, 0.15) is 5.69 Å². The second-order valence-corrected chi connectivity index (χ2v) is 8.70. The number of hydrogen-bond acceptors (Lipinski definition) is 5. The number of benzene rings is 1. The van der Waals surface area contributed by atoms with Crippen molar-refractivity contribution in [2.24, 2.45) is 10.1 Å². The first-order valence-electron chi connectivity index (χ1n) is 8.12. The molecule has 142 valence electrons. The fourth-order valence-corrected chi connectivity index (χ4v) is 4.35. The molecule has 0 fully saturated rings. The van der Waals surface area contributed by atoms with E-state index in [-0.39, 0.29) is 10.9 Å². The number of aromatic nitrogens is 3. The van der Waals surface area contributed by atoms with Crippen molar-refractivity contribution in [1.82, 2.24) is 14.3 Å². The molecule has 3 rings (SSSR count). The molecule has 10 heteroatoms. The molecule has 0 aliphatic rings. The van der Waals surface area contributed by atoms with Crippen molar-refractivity contribution in [1.29, 1.82) is 0 Å². The average Bonchev–Trinajstić information content (AvgIpc) is 3.19. The first kappa shape index (κ1) is 19.2. The van der Waals surface area contributed by atoms with E-state index >= 15 is 0 Å². The van der Waals surface area contributed by atoms with Crippen LogP contribution in [0.3, 0.4) is 0 Å². The third-order valence-electron chi connectivity index (χ3n) is 3.87. The number of hydrogen-bond donors (Lipinski definition) is 1. The molecule has 0 saturated heterocycles. The standard InChI is InChI=1S/C17H19N5O3S2/c1-4-9-21-13-6-5-12(27(18,24)25)10-15(13)26-17(21)20-16(23)14-7-8-19-22(14)11(2)3/h4-8,10-11H,1,9H2,2-3H3,(H2,18,24,25). The molecule has 0 unspecified atom stereocenters. The Bertz CT molecular complexity index is 1200. The van der Waals surface area contributed by atoms with Gasteiger partial charge in [-0.05, 0) is 38.1 Å². The van der Waals surface area contributed by atoms with Crippen molar-refractivity contribution >= 4 is 37.5 Å². The molecule has 0 bridgehead atoms.